The number of ether oxygens (including phenoxy) is 1. The summed E-state index contributed by atoms with van der Waals surface area (Å²) < 4.78 is 44.1. The van der Waals surface area contributed by atoms with Gasteiger partial charge in [-0.2, -0.15) is 0 Å². The molecule has 5 heteroatoms. The zero-order chi connectivity index (χ0) is 10.8. The highest BCUT2D eigenvalue weighted by Crippen LogP contribution is 2.24. The molecule has 0 saturated carbocycles. The van der Waals surface area contributed by atoms with Crippen molar-refractivity contribution in [1.82, 2.24) is 5.32 Å². The van der Waals surface area contributed by atoms with E-state index in [0.717, 1.165) is 6.07 Å². The van der Waals surface area contributed by atoms with Crippen LogP contribution in [0, 0.1) is 17.5 Å². The van der Waals surface area contributed by atoms with E-state index in [-0.39, 0.29) is 5.56 Å². The average Bonchev–Trinajstić information content (AvgIpc) is 2.27. The Morgan fingerprint density at radius 1 is 1.20 bits per heavy atom. The Morgan fingerprint density at radius 3 is 2.67 bits per heavy atom. The molecule has 1 N–H and O–H groups in total. The highest BCUT2D eigenvalue weighted by atomic mass is 19.2. The second-order valence-corrected chi connectivity index (χ2v) is 3.33. The minimum absolute atomic E-state index is 0.0566. The van der Waals surface area contributed by atoms with E-state index in [0.29, 0.717) is 19.7 Å². The molecule has 1 heterocycles. The summed E-state index contributed by atoms with van der Waals surface area (Å²) in [5.74, 6) is -3.79. The summed E-state index contributed by atoms with van der Waals surface area (Å²) in [7, 11) is 0. The average molecular weight is 217 g/mol. The standard InChI is InChI=1S/C10H10F3NO/c11-7-2-1-6(9(12)10(7)13)8-5-14-3-4-15-8/h1-2,8,14H,3-5H2. The van der Waals surface area contributed by atoms with Gasteiger partial charge in [-0.15, -0.1) is 0 Å². The molecule has 1 unspecified atom stereocenters. The number of nitrogens with one attached hydrogen (secondary N) is 1. The minimum atomic E-state index is -1.44. The predicted octanol–water partition coefficient (Wildman–Crippen LogP) is 1.76. The predicted molar refractivity (Wildman–Crippen MR) is 47.9 cm³/mol. The van der Waals surface area contributed by atoms with E-state index in [1.165, 1.54) is 6.07 Å². The molecule has 1 fully saturated rings. The van der Waals surface area contributed by atoms with Crippen molar-refractivity contribution in [3.8, 4) is 0 Å². The van der Waals surface area contributed by atoms with E-state index >= 15 is 0 Å². The van der Waals surface area contributed by atoms with Crippen LogP contribution < -0.4 is 5.32 Å². The van der Waals surface area contributed by atoms with Crippen LogP contribution in [-0.2, 0) is 4.74 Å². The van der Waals surface area contributed by atoms with Crippen LogP contribution in [-0.4, -0.2) is 19.7 Å². The van der Waals surface area contributed by atoms with Crippen molar-refractivity contribution < 1.29 is 17.9 Å². The first-order valence-corrected chi connectivity index (χ1v) is 4.66. The fourth-order valence-corrected chi connectivity index (χ4v) is 1.55. The molecule has 1 aromatic rings. The molecule has 0 aliphatic carbocycles. The van der Waals surface area contributed by atoms with Gasteiger partial charge in [0, 0.05) is 18.7 Å². The smallest absolute Gasteiger partial charge is 0.194 e. The van der Waals surface area contributed by atoms with Crippen molar-refractivity contribution in [2.45, 2.75) is 6.10 Å². The lowest BCUT2D eigenvalue weighted by Crippen LogP contribution is -2.33. The number of morpholine rings is 1. The fourth-order valence-electron chi connectivity index (χ4n) is 1.55. The number of halogens is 3. The maximum atomic E-state index is 13.3. The van der Waals surface area contributed by atoms with E-state index in [4.69, 9.17) is 4.74 Å². The van der Waals surface area contributed by atoms with Gasteiger partial charge >= 0.3 is 0 Å². The summed E-state index contributed by atoms with van der Waals surface area (Å²) in [5, 5.41) is 2.99. The van der Waals surface area contributed by atoms with E-state index in [9.17, 15) is 13.2 Å². The number of benzene rings is 1. The van der Waals surface area contributed by atoms with Gasteiger partial charge in [-0.25, -0.2) is 13.2 Å². The number of hydrogen-bond acceptors (Lipinski definition) is 2. The monoisotopic (exact) mass is 217 g/mol. The summed E-state index contributed by atoms with van der Waals surface area (Å²) >= 11 is 0. The Labute approximate surface area is 85.0 Å². The van der Waals surface area contributed by atoms with Crippen molar-refractivity contribution in [3.05, 3.63) is 35.1 Å². The lowest BCUT2D eigenvalue weighted by Gasteiger charge is -2.24. The maximum absolute atomic E-state index is 13.3. The summed E-state index contributed by atoms with van der Waals surface area (Å²) in [6.07, 6.45) is -0.547. The summed E-state index contributed by atoms with van der Waals surface area (Å²) in [6.45, 7) is 1.52. The Morgan fingerprint density at radius 2 is 2.00 bits per heavy atom. The molecule has 1 aliphatic rings. The van der Waals surface area contributed by atoms with Crippen molar-refractivity contribution in [2.24, 2.45) is 0 Å². The SMILES string of the molecule is Fc1ccc(C2CNCCO2)c(F)c1F. The zero-order valence-electron chi connectivity index (χ0n) is 7.90. The third-order valence-electron chi connectivity index (χ3n) is 2.34. The van der Waals surface area contributed by atoms with E-state index in [2.05, 4.69) is 5.32 Å². The van der Waals surface area contributed by atoms with Gasteiger partial charge in [0.1, 0.15) is 0 Å². The van der Waals surface area contributed by atoms with Crippen molar-refractivity contribution in [3.63, 3.8) is 0 Å². The van der Waals surface area contributed by atoms with Crippen LogP contribution in [0.3, 0.4) is 0 Å². The molecule has 0 spiro atoms. The Hall–Kier alpha value is -1.07. The van der Waals surface area contributed by atoms with Crippen LogP contribution in [0.2, 0.25) is 0 Å². The lowest BCUT2D eigenvalue weighted by molar-refractivity contribution is 0.0250. The minimum Gasteiger partial charge on any atom is -0.371 e. The van der Waals surface area contributed by atoms with Gasteiger partial charge in [-0.05, 0) is 6.07 Å². The van der Waals surface area contributed by atoms with Crippen LogP contribution in [0.4, 0.5) is 13.2 Å². The van der Waals surface area contributed by atoms with Gasteiger partial charge in [0.2, 0.25) is 0 Å². The van der Waals surface area contributed by atoms with Crippen molar-refractivity contribution in [1.29, 1.82) is 0 Å². The molecule has 0 amide bonds. The quantitative estimate of drug-likeness (QED) is 0.724. The normalized spacial score (nSPS) is 21.7. The van der Waals surface area contributed by atoms with Gasteiger partial charge in [0.15, 0.2) is 17.5 Å². The fraction of sp³-hybridized carbons (Fsp3) is 0.400. The van der Waals surface area contributed by atoms with Gasteiger partial charge < -0.3 is 10.1 Å². The first-order valence-electron chi connectivity index (χ1n) is 4.66. The highest BCUT2D eigenvalue weighted by molar-refractivity contribution is 5.23. The first-order chi connectivity index (χ1) is 7.20. The topological polar surface area (TPSA) is 21.3 Å². The Balaban J connectivity index is 2.31. The maximum Gasteiger partial charge on any atom is 0.194 e. The third kappa shape index (κ3) is 1.98. The zero-order valence-corrected chi connectivity index (χ0v) is 7.90. The molecular weight excluding hydrogens is 207 g/mol. The first kappa shape index (κ1) is 10.4. The van der Waals surface area contributed by atoms with E-state index < -0.39 is 23.6 Å². The van der Waals surface area contributed by atoms with E-state index in [1.807, 2.05) is 0 Å². The van der Waals surface area contributed by atoms with Crippen LogP contribution in [0.5, 0.6) is 0 Å². The summed E-state index contributed by atoms with van der Waals surface area (Å²) in [5.41, 5.74) is 0.0566. The van der Waals surface area contributed by atoms with Crippen LogP contribution in [0.25, 0.3) is 0 Å². The van der Waals surface area contributed by atoms with E-state index in [1.54, 1.807) is 0 Å². The molecule has 0 aromatic heterocycles. The number of hydrogen-bond donors (Lipinski definition) is 1. The Kier molecular flexibility index (Phi) is 2.93. The molecule has 82 valence electrons. The second kappa shape index (κ2) is 4.20. The molecule has 1 saturated heterocycles. The van der Waals surface area contributed by atoms with Gasteiger partial charge in [0.05, 0.1) is 12.7 Å². The lowest BCUT2D eigenvalue weighted by atomic mass is 10.1. The molecule has 2 nitrogen and oxygen atoms in total. The van der Waals surface area contributed by atoms with Crippen molar-refractivity contribution in [2.75, 3.05) is 19.7 Å². The molecule has 2 rings (SSSR count). The molecule has 15 heavy (non-hydrogen) atoms. The van der Waals surface area contributed by atoms with Gasteiger partial charge in [-0.1, -0.05) is 6.07 Å². The summed E-state index contributed by atoms with van der Waals surface area (Å²) in [6, 6.07) is 2.12. The number of rotatable bonds is 1. The molecule has 1 aromatic carbocycles. The molecular formula is C10H10F3NO. The second-order valence-electron chi connectivity index (χ2n) is 3.33. The summed E-state index contributed by atoms with van der Waals surface area (Å²) in [4.78, 5) is 0. The molecule has 1 atom stereocenters. The van der Waals surface area contributed by atoms with Gasteiger partial charge in [-0.3, -0.25) is 0 Å². The molecule has 0 bridgehead atoms. The third-order valence-corrected chi connectivity index (χ3v) is 2.34. The van der Waals surface area contributed by atoms with Crippen LogP contribution in [0.1, 0.15) is 11.7 Å². The van der Waals surface area contributed by atoms with Crippen molar-refractivity contribution >= 4 is 0 Å². The van der Waals surface area contributed by atoms with Gasteiger partial charge in [0.25, 0.3) is 0 Å². The van der Waals surface area contributed by atoms with Crippen LogP contribution >= 0.6 is 0 Å². The highest BCUT2D eigenvalue weighted by Gasteiger charge is 2.22. The van der Waals surface area contributed by atoms with Crippen LogP contribution in [0.15, 0.2) is 12.1 Å². The largest absolute Gasteiger partial charge is 0.371 e. The molecule has 1 aliphatic heterocycles. The molecule has 0 radical (unpaired) electrons. The Bertz CT molecular complexity index is 364.